The molecular weight excluding hydrogens is 234 g/mol. The largest absolute Gasteiger partial charge is 0.356 e. The predicted molar refractivity (Wildman–Crippen MR) is 82.8 cm³/mol. The Balaban J connectivity index is 2.48. The van der Waals surface area contributed by atoms with E-state index < -0.39 is 0 Å². The van der Waals surface area contributed by atoms with Crippen molar-refractivity contribution in [1.29, 1.82) is 0 Å². The third kappa shape index (κ3) is 2.91. The second-order valence-corrected chi connectivity index (χ2v) is 5.73. The highest BCUT2D eigenvalue weighted by Gasteiger charge is 2.11. The number of nitrogens with one attached hydrogen (secondary N) is 1. The highest BCUT2D eigenvalue weighted by molar-refractivity contribution is 5.80. The van der Waals surface area contributed by atoms with Crippen LogP contribution in [-0.2, 0) is 6.54 Å². The van der Waals surface area contributed by atoms with Crippen LogP contribution in [0.5, 0.6) is 0 Å². The first kappa shape index (κ1) is 13.9. The minimum absolute atomic E-state index is 0.707. The maximum absolute atomic E-state index is 4.73. The van der Waals surface area contributed by atoms with Crippen molar-refractivity contribution in [2.24, 2.45) is 5.92 Å². The SMILES string of the molecule is CCNc1nc2cc(C)c(C)cc2n1CCC(C)C. The lowest BCUT2D eigenvalue weighted by Crippen LogP contribution is -2.08. The molecule has 0 aliphatic heterocycles. The molecule has 0 bridgehead atoms. The van der Waals surface area contributed by atoms with E-state index in [1.54, 1.807) is 0 Å². The highest BCUT2D eigenvalue weighted by atomic mass is 15.2. The van der Waals surface area contributed by atoms with E-state index in [0.717, 1.165) is 24.6 Å². The van der Waals surface area contributed by atoms with Crippen LogP contribution in [0.4, 0.5) is 5.95 Å². The Bertz CT molecular complexity index is 567. The molecule has 3 nitrogen and oxygen atoms in total. The minimum atomic E-state index is 0.707. The molecular formula is C16H25N3. The number of aromatic nitrogens is 2. The van der Waals surface area contributed by atoms with Crippen molar-refractivity contribution in [1.82, 2.24) is 9.55 Å². The molecule has 0 radical (unpaired) electrons. The lowest BCUT2D eigenvalue weighted by molar-refractivity contribution is 0.525. The van der Waals surface area contributed by atoms with E-state index in [1.165, 1.54) is 23.1 Å². The van der Waals surface area contributed by atoms with Gasteiger partial charge in [0.25, 0.3) is 0 Å². The van der Waals surface area contributed by atoms with Gasteiger partial charge in [0.1, 0.15) is 0 Å². The van der Waals surface area contributed by atoms with Crippen molar-refractivity contribution < 1.29 is 0 Å². The van der Waals surface area contributed by atoms with Crippen LogP contribution in [0.1, 0.15) is 38.3 Å². The number of hydrogen-bond acceptors (Lipinski definition) is 2. The molecule has 2 rings (SSSR count). The van der Waals surface area contributed by atoms with Crippen LogP contribution >= 0.6 is 0 Å². The van der Waals surface area contributed by atoms with Crippen LogP contribution in [0.15, 0.2) is 12.1 Å². The summed E-state index contributed by atoms with van der Waals surface area (Å²) in [6.45, 7) is 12.9. The van der Waals surface area contributed by atoms with Crippen molar-refractivity contribution in [2.45, 2.75) is 47.6 Å². The Morgan fingerprint density at radius 2 is 1.89 bits per heavy atom. The average molecular weight is 259 g/mol. The number of benzene rings is 1. The van der Waals surface area contributed by atoms with Gasteiger partial charge in [0, 0.05) is 13.1 Å². The van der Waals surface area contributed by atoms with Crippen molar-refractivity contribution >= 4 is 17.0 Å². The summed E-state index contributed by atoms with van der Waals surface area (Å²) in [4.78, 5) is 4.73. The molecule has 1 N–H and O–H groups in total. The van der Waals surface area contributed by atoms with Crippen LogP contribution in [0.3, 0.4) is 0 Å². The van der Waals surface area contributed by atoms with E-state index in [4.69, 9.17) is 4.98 Å². The number of anilines is 1. The lowest BCUT2D eigenvalue weighted by Gasteiger charge is -2.11. The topological polar surface area (TPSA) is 29.9 Å². The quantitative estimate of drug-likeness (QED) is 0.875. The molecule has 0 aliphatic rings. The van der Waals surface area contributed by atoms with Gasteiger partial charge in [0.15, 0.2) is 0 Å². The molecule has 104 valence electrons. The van der Waals surface area contributed by atoms with Gasteiger partial charge >= 0.3 is 0 Å². The van der Waals surface area contributed by atoms with Gasteiger partial charge in [-0.3, -0.25) is 0 Å². The van der Waals surface area contributed by atoms with Gasteiger partial charge in [-0.1, -0.05) is 13.8 Å². The van der Waals surface area contributed by atoms with E-state index in [-0.39, 0.29) is 0 Å². The van der Waals surface area contributed by atoms with E-state index >= 15 is 0 Å². The molecule has 3 heteroatoms. The van der Waals surface area contributed by atoms with E-state index in [0.29, 0.717) is 5.92 Å². The van der Waals surface area contributed by atoms with Crippen molar-refractivity contribution in [2.75, 3.05) is 11.9 Å². The van der Waals surface area contributed by atoms with Gasteiger partial charge in [-0.25, -0.2) is 4.98 Å². The molecule has 0 unspecified atom stereocenters. The fourth-order valence-electron chi connectivity index (χ4n) is 2.29. The molecule has 0 fully saturated rings. The molecule has 19 heavy (non-hydrogen) atoms. The number of aryl methyl sites for hydroxylation is 3. The Morgan fingerprint density at radius 1 is 1.21 bits per heavy atom. The Kier molecular flexibility index (Phi) is 4.13. The third-order valence-corrected chi connectivity index (χ3v) is 3.63. The summed E-state index contributed by atoms with van der Waals surface area (Å²) in [5.41, 5.74) is 4.99. The van der Waals surface area contributed by atoms with Crippen molar-refractivity contribution in [3.63, 3.8) is 0 Å². The van der Waals surface area contributed by atoms with Gasteiger partial charge in [-0.15, -0.1) is 0 Å². The Morgan fingerprint density at radius 3 is 2.53 bits per heavy atom. The lowest BCUT2D eigenvalue weighted by atomic mass is 10.1. The maximum atomic E-state index is 4.73. The van der Waals surface area contributed by atoms with E-state index in [1.807, 2.05) is 0 Å². The molecule has 0 saturated heterocycles. The summed E-state index contributed by atoms with van der Waals surface area (Å²) < 4.78 is 2.32. The molecule has 1 heterocycles. The molecule has 0 aliphatic carbocycles. The predicted octanol–water partition coefficient (Wildman–Crippen LogP) is 4.13. The summed E-state index contributed by atoms with van der Waals surface area (Å²) >= 11 is 0. The molecule has 0 atom stereocenters. The molecule has 0 amide bonds. The smallest absolute Gasteiger partial charge is 0.203 e. The van der Waals surface area contributed by atoms with Crippen molar-refractivity contribution in [3.05, 3.63) is 23.3 Å². The summed E-state index contributed by atoms with van der Waals surface area (Å²) in [5, 5.41) is 3.38. The normalized spacial score (nSPS) is 11.5. The van der Waals surface area contributed by atoms with Crippen LogP contribution in [-0.4, -0.2) is 16.1 Å². The third-order valence-electron chi connectivity index (χ3n) is 3.63. The first-order valence-corrected chi connectivity index (χ1v) is 7.24. The number of rotatable bonds is 5. The fraction of sp³-hybridized carbons (Fsp3) is 0.562. The van der Waals surface area contributed by atoms with Crippen LogP contribution in [0.2, 0.25) is 0 Å². The number of fused-ring (bicyclic) bond motifs is 1. The zero-order chi connectivity index (χ0) is 14.0. The number of imidazole rings is 1. The molecule has 1 aromatic carbocycles. The first-order valence-electron chi connectivity index (χ1n) is 7.24. The minimum Gasteiger partial charge on any atom is -0.356 e. The standard InChI is InChI=1S/C16H25N3/c1-6-17-16-18-14-9-12(4)13(5)10-15(14)19(16)8-7-11(2)3/h9-11H,6-8H2,1-5H3,(H,17,18). The van der Waals surface area contributed by atoms with Crippen LogP contribution in [0.25, 0.3) is 11.0 Å². The summed E-state index contributed by atoms with van der Waals surface area (Å²) in [7, 11) is 0. The van der Waals surface area contributed by atoms with Crippen molar-refractivity contribution in [3.8, 4) is 0 Å². The first-order chi connectivity index (χ1) is 9.02. The highest BCUT2D eigenvalue weighted by Crippen LogP contribution is 2.24. The zero-order valence-electron chi connectivity index (χ0n) is 12.7. The van der Waals surface area contributed by atoms with Gasteiger partial charge in [0.2, 0.25) is 5.95 Å². The average Bonchev–Trinajstić information content (AvgIpc) is 2.65. The number of hydrogen-bond donors (Lipinski definition) is 1. The summed E-state index contributed by atoms with van der Waals surface area (Å²) in [6.07, 6.45) is 1.18. The molecule has 0 saturated carbocycles. The number of nitrogens with zero attached hydrogens (tertiary/aromatic N) is 2. The zero-order valence-corrected chi connectivity index (χ0v) is 12.7. The second-order valence-electron chi connectivity index (χ2n) is 5.73. The summed E-state index contributed by atoms with van der Waals surface area (Å²) in [5.74, 6) is 1.71. The van der Waals surface area contributed by atoms with Crippen LogP contribution < -0.4 is 5.32 Å². The summed E-state index contributed by atoms with van der Waals surface area (Å²) in [6, 6.07) is 4.45. The molecule has 2 aromatic rings. The van der Waals surface area contributed by atoms with Crippen LogP contribution in [0, 0.1) is 19.8 Å². The van der Waals surface area contributed by atoms with E-state index in [9.17, 15) is 0 Å². The Hall–Kier alpha value is -1.51. The van der Waals surface area contributed by atoms with Gasteiger partial charge < -0.3 is 9.88 Å². The maximum Gasteiger partial charge on any atom is 0.203 e. The molecule has 0 spiro atoms. The molecule has 1 aromatic heterocycles. The Labute approximate surface area is 116 Å². The fourth-order valence-corrected chi connectivity index (χ4v) is 2.29. The van der Waals surface area contributed by atoms with Gasteiger partial charge in [0.05, 0.1) is 11.0 Å². The van der Waals surface area contributed by atoms with Gasteiger partial charge in [-0.05, 0) is 56.4 Å². The second kappa shape index (κ2) is 5.64. The van der Waals surface area contributed by atoms with E-state index in [2.05, 4.69) is 56.6 Å². The monoisotopic (exact) mass is 259 g/mol. The van der Waals surface area contributed by atoms with Gasteiger partial charge in [-0.2, -0.15) is 0 Å².